The van der Waals surface area contributed by atoms with Crippen LogP contribution >= 0.6 is 11.3 Å². The highest BCUT2D eigenvalue weighted by Crippen LogP contribution is 2.89. The van der Waals surface area contributed by atoms with Crippen molar-refractivity contribution in [3.8, 4) is 11.1 Å². The van der Waals surface area contributed by atoms with E-state index in [-0.39, 0.29) is 16.2 Å². The Hall–Kier alpha value is -3.88. The molecule has 6 atom stereocenters. The van der Waals surface area contributed by atoms with Crippen LogP contribution in [0.4, 0.5) is 17.1 Å². The molecule has 4 fully saturated rings. The molecule has 2 spiro atoms. The van der Waals surface area contributed by atoms with Gasteiger partial charge in [-0.3, -0.25) is 0 Å². The third-order valence-electron chi connectivity index (χ3n) is 15.6. The number of nitrogens with zero attached hydrogens (tertiary/aromatic N) is 1. The highest BCUT2D eigenvalue weighted by Gasteiger charge is 2.84. The Kier molecular flexibility index (Phi) is 5.25. The van der Waals surface area contributed by atoms with Crippen LogP contribution in [0.25, 0.3) is 31.3 Å². The van der Waals surface area contributed by atoms with Gasteiger partial charge in [-0.1, -0.05) is 100 Å². The Labute approximate surface area is 300 Å². The number of anilines is 3. The van der Waals surface area contributed by atoms with Crippen LogP contribution in [0.1, 0.15) is 88.5 Å². The van der Waals surface area contributed by atoms with E-state index in [1.165, 1.54) is 98.0 Å². The molecule has 5 aromatic carbocycles. The maximum atomic E-state index is 2.67. The molecule has 6 aliphatic carbocycles. The van der Waals surface area contributed by atoms with E-state index in [0.717, 1.165) is 23.7 Å². The van der Waals surface area contributed by atoms with Crippen LogP contribution in [0.3, 0.4) is 0 Å². The lowest BCUT2D eigenvalue weighted by molar-refractivity contribution is -0.231. The van der Waals surface area contributed by atoms with Crippen LogP contribution in [0.15, 0.2) is 103 Å². The lowest BCUT2D eigenvalue weighted by atomic mass is 9.27. The van der Waals surface area contributed by atoms with Crippen molar-refractivity contribution in [2.45, 2.75) is 82.5 Å². The van der Waals surface area contributed by atoms with E-state index < -0.39 is 0 Å². The molecule has 0 N–H and O–H groups in total. The molecule has 1 heterocycles. The summed E-state index contributed by atoms with van der Waals surface area (Å²) in [6.45, 7) is 9.89. The maximum absolute atomic E-state index is 2.67. The van der Waals surface area contributed by atoms with Crippen LogP contribution in [0.5, 0.6) is 0 Å². The monoisotopic (exact) mass is 667 g/mol. The zero-order valence-corrected chi connectivity index (χ0v) is 30.5. The predicted octanol–water partition coefficient (Wildman–Crippen LogP) is 13.2. The molecule has 248 valence electrons. The molecule has 0 saturated heterocycles. The topological polar surface area (TPSA) is 3.24 Å². The number of fused-ring (bicyclic) bond motifs is 12. The number of hydrogen-bond donors (Lipinski definition) is 0. The summed E-state index contributed by atoms with van der Waals surface area (Å²) < 4.78 is 2.74. The second-order valence-corrected chi connectivity index (χ2v) is 19.4. The molecule has 1 nitrogen and oxygen atoms in total. The summed E-state index contributed by atoms with van der Waals surface area (Å²) in [6, 6.07) is 40.5. The zero-order chi connectivity index (χ0) is 33.4. The molecule has 0 aliphatic heterocycles. The number of thiophene rings is 1. The molecular formula is C48H45NS. The summed E-state index contributed by atoms with van der Waals surface area (Å²) in [4.78, 5) is 2.67. The predicted molar refractivity (Wildman–Crippen MR) is 210 cm³/mol. The Morgan fingerprint density at radius 2 is 1.34 bits per heavy atom. The van der Waals surface area contributed by atoms with Crippen LogP contribution in [-0.4, -0.2) is 0 Å². The maximum Gasteiger partial charge on any atom is 0.0640 e. The number of hydrogen-bond acceptors (Lipinski definition) is 2. The molecule has 2 heteroatoms. The van der Waals surface area contributed by atoms with Gasteiger partial charge in [0.2, 0.25) is 0 Å². The quantitative estimate of drug-likeness (QED) is 0.182. The zero-order valence-electron chi connectivity index (χ0n) is 29.7. The summed E-state index contributed by atoms with van der Waals surface area (Å²) in [5.74, 6) is 3.64. The molecule has 0 amide bonds. The smallest absolute Gasteiger partial charge is 0.0640 e. The second-order valence-electron chi connectivity index (χ2n) is 18.4. The highest BCUT2D eigenvalue weighted by atomic mass is 32.1. The SMILES string of the molecule is CC1(C)CCC(C)(C)c2c(N(c3ccc4c(c3)-c3ccccc3C43C4CC5CC6CC3C64C5)c3cccc4c3sc3ccccc34)cccc21. The van der Waals surface area contributed by atoms with Crippen molar-refractivity contribution >= 4 is 48.6 Å². The van der Waals surface area contributed by atoms with Gasteiger partial charge in [0.15, 0.2) is 0 Å². The third kappa shape index (κ3) is 3.16. The van der Waals surface area contributed by atoms with Crippen molar-refractivity contribution in [2.24, 2.45) is 29.1 Å². The first-order valence-corrected chi connectivity index (χ1v) is 20.1. The van der Waals surface area contributed by atoms with Crippen molar-refractivity contribution in [1.29, 1.82) is 0 Å². The van der Waals surface area contributed by atoms with E-state index in [9.17, 15) is 0 Å². The van der Waals surface area contributed by atoms with E-state index >= 15 is 0 Å². The number of benzene rings is 5. The number of rotatable bonds is 3. The van der Waals surface area contributed by atoms with Crippen molar-refractivity contribution in [1.82, 2.24) is 0 Å². The molecule has 0 radical (unpaired) electrons. The Morgan fingerprint density at radius 3 is 2.24 bits per heavy atom. The molecule has 2 bridgehead atoms. The molecule has 6 aliphatic rings. The molecule has 4 saturated carbocycles. The lowest BCUT2D eigenvalue weighted by Gasteiger charge is -2.76. The summed E-state index contributed by atoms with van der Waals surface area (Å²) in [5, 5.41) is 2.72. The van der Waals surface area contributed by atoms with Gasteiger partial charge < -0.3 is 4.90 Å². The van der Waals surface area contributed by atoms with E-state index in [1.807, 2.05) is 11.3 Å². The minimum atomic E-state index is 0.0734. The normalized spacial score (nSPS) is 31.2. The highest BCUT2D eigenvalue weighted by molar-refractivity contribution is 7.26. The van der Waals surface area contributed by atoms with Crippen LogP contribution in [0.2, 0.25) is 0 Å². The van der Waals surface area contributed by atoms with Gasteiger partial charge in [0.1, 0.15) is 0 Å². The minimum absolute atomic E-state index is 0.0734. The van der Waals surface area contributed by atoms with Gasteiger partial charge in [-0.15, -0.1) is 11.3 Å². The second kappa shape index (κ2) is 9.12. The van der Waals surface area contributed by atoms with E-state index in [2.05, 4.69) is 136 Å². The van der Waals surface area contributed by atoms with Gasteiger partial charge >= 0.3 is 0 Å². The molecule has 12 rings (SSSR count). The fourth-order valence-electron chi connectivity index (χ4n) is 13.7. The van der Waals surface area contributed by atoms with Crippen LogP contribution in [0, 0.1) is 29.1 Å². The average Bonchev–Trinajstić information content (AvgIpc) is 3.85. The van der Waals surface area contributed by atoms with Crippen molar-refractivity contribution in [3.05, 3.63) is 125 Å². The fraction of sp³-hybridized carbons (Fsp3) is 0.375. The first-order chi connectivity index (χ1) is 24.2. The fourth-order valence-corrected chi connectivity index (χ4v) is 14.9. The van der Waals surface area contributed by atoms with Gasteiger partial charge in [-0.25, -0.2) is 0 Å². The van der Waals surface area contributed by atoms with E-state index in [4.69, 9.17) is 0 Å². The Morgan fingerprint density at radius 1 is 0.620 bits per heavy atom. The van der Waals surface area contributed by atoms with Gasteiger partial charge in [0.25, 0.3) is 0 Å². The van der Waals surface area contributed by atoms with Gasteiger partial charge in [0, 0.05) is 26.6 Å². The van der Waals surface area contributed by atoms with Crippen LogP contribution < -0.4 is 4.90 Å². The van der Waals surface area contributed by atoms with Crippen molar-refractivity contribution in [2.75, 3.05) is 4.90 Å². The van der Waals surface area contributed by atoms with Gasteiger partial charge in [-0.2, -0.15) is 0 Å². The summed E-state index contributed by atoms with van der Waals surface area (Å²) in [6.07, 6.45) is 8.34. The lowest BCUT2D eigenvalue weighted by Crippen LogP contribution is -2.73. The molecular weight excluding hydrogens is 623 g/mol. The summed E-state index contributed by atoms with van der Waals surface area (Å²) >= 11 is 1.95. The molecule has 6 aromatic rings. The standard InChI is InChI=1S/C48H45NS/c1-45(2)21-22-46(3,4)43-37(45)15-10-16-38(43)49(39-17-9-13-33-32-12-6-8-18-40(32)50-44(33)39)30-19-20-36-34(26-30)31-11-5-7-14-35(31)48(36)41-24-28-23-29-25-42(48)47(29,41)27-28/h5-20,26,28-29,41-42H,21-25,27H2,1-4H3. The van der Waals surface area contributed by atoms with Crippen LogP contribution in [-0.2, 0) is 16.2 Å². The van der Waals surface area contributed by atoms with Crippen molar-refractivity contribution in [3.63, 3.8) is 0 Å². The van der Waals surface area contributed by atoms with E-state index in [1.54, 1.807) is 11.1 Å². The largest absolute Gasteiger partial charge is 0.309 e. The average molecular weight is 668 g/mol. The first kappa shape index (κ1) is 28.8. The first-order valence-electron chi connectivity index (χ1n) is 19.3. The van der Waals surface area contributed by atoms with Crippen molar-refractivity contribution < 1.29 is 0 Å². The van der Waals surface area contributed by atoms with E-state index in [0.29, 0.717) is 5.41 Å². The van der Waals surface area contributed by atoms with Gasteiger partial charge in [-0.05, 0) is 142 Å². The molecule has 50 heavy (non-hydrogen) atoms. The molecule has 1 aromatic heterocycles. The summed E-state index contributed by atoms with van der Waals surface area (Å²) in [7, 11) is 0. The Bertz CT molecular complexity index is 2460. The summed E-state index contributed by atoms with van der Waals surface area (Å²) in [5.41, 5.74) is 14.4. The molecule has 6 unspecified atom stereocenters. The Balaban J connectivity index is 1.13. The third-order valence-corrected chi connectivity index (χ3v) is 16.8. The minimum Gasteiger partial charge on any atom is -0.309 e. The van der Waals surface area contributed by atoms with Gasteiger partial charge in [0.05, 0.1) is 16.1 Å².